The van der Waals surface area contributed by atoms with Crippen molar-refractivity contribution in [2.75, 3.05) is 0 Å². The molecule has 1 heterocycles. The SMILES string of the molecule is Cc1cncc(Cl)c1C(=O)C(C)N. The zero-order valence-electron chi connectivity index (χ0n) is 7.54. The number of aromatic nitrogens is 1. The molecule has 0 saturated heterocycles. The molecule has 0 spiro atoms. The Bertz CT molecular complexity index is 316. The van der Waals surface area contributed by atoms with E-state index in [9.17, 15) is 4.79 Å². The van der Waals surface area contributed by atoms with Crippen LogP contribution in [0, 0.1) is 6.92 Å². The number of rotatable bonds is 2. The monoisotopic (exact) mass is 198 g/mol. The van der Waals surface area contributed by atoms with E-state index in [4.69, 9.17) is 17.3 Å². The number of halogens is 1. The van der Waals surface area contributed by atoms with Crippen LogP contribution < -0.4 is 5.73 Å². The van der Waals surface area contributed by atoms with Gasteiger partial charge in [0.15, 0.2) is 5.78 Å². The van der Waals surface area contributed by atoms with Crippen molar-refractivity contribution >= 4 is 17.4 Å². The number of hydrogen-bond donors (Lipinski definition) is 1. The van der Waals surface area contributed by atoms with Gasteiger partial charge in [-0.1, -0.05) is 11.6 Å². The van der Waals surface area contributed by atoms with Gasteiger partial charge in [0.2, 0.25) is 0 Å². The molecule has 0 aliphatic rings. The third-order valence-electron chi connectivity index (χ3n) is 1.75. The van der Waals surface area contributed by atoms with Gasteiger partial charge in [-0.05, 0) is 19.4 Å². The lowest BCUT2D eigenvalue weighted by molar-refractivity contribution is 0.0967. The van der Waals surface area contributed by atoms with E-state index in [2.05, 4.69) is 4.98 Å². The summed E-state index contributed by atoms with van der Waals surface area (Å²) in [6, 6.07) is -0.529. The van der Waals surface area contributed by atoms with Gasteiger partial charge in [0, 0.05) is 18.0 Å². The van der Waals surface area contributed by atoms with E-state index >= 15 is 0 Å². The predicted octanol–water partition coefficient (Wildman–Crippen LogP) is 1.57. The normalized spacial score (nSPS) is 12.6. The summed E-state index contributed by atoms with van der Waals surface area (Å²) >= 11 is 5.83. The maximum absolute atomic E-state index is 11.5. The second-order valence-electron chi connectivity index (χ2n) is 2.97. The van der Waals surface area contributed by atoms with E-state index < -0.39 is 6.04 Å². The van der Waals surface area contributed by atoms with Gasteiger partial charge >= 0.3 is 0 Å². The zero-order chi connectivity index (χ0) is 10.0. The van der Waals surface area contributed by atoms with Crippen LogP contribution in [-0.2, 0) is 0 Å². The number of Topliss-reactive ketones (excluding diaryl/α,β-unsaturated/α-hetero) is 1. The van der Waals surface area contributed by atoms with E-state index in [1.165, 1.54) is 6.20 Å². The van der Waals surface area contributed by atoms with Crippen LogP contribution >= 0.6 is 11.6 Å². The minimum atomic E-state index is -0.529. The van der Waals surface area contributed by atoms with Gasteiger partial charge in [-0.2, -0.15) is 0 Å². The molecule has 1 atom stereocenters. The van der Waals surface area contributed by atoms with Gasteiger partial charge in [0.25, 0.3) is 0 Å². The Morgan fingerprint density at radius 2 is 2.23 bits per heavy atom. The van der Waals surface area contributed by atoms with Crippen molar-refractivity contribution in [3.63, 3.8) is 0 Å². The van der Waals surface area contributed by atoms with Crippen LogP contribution in [0.4, 0.5) is 0 Å². The van der Waals surface area contributed by atoms with Gasteiger partial charge in [-0.3, -0.25) is 9.78 Å². The molecule has 0 aromatic carbocycles. The highest BCUT2D eigenvalue weighted by molar-refractivity contribution is 6.34. The molecule has 0 aliphatic heterocycles. The van der Waals surface area contributed by atoms with Crippen LogP contribution in [0.15, 0.2) is 12.4 Å². The molecule has 0 amide bonds. The standard InChI is InChI=1S/C9H11ClN2O/c1-5-3-12-4-7(10)8(5)9(13)6(2)11/h3-4,6H,11H2,1-2H3. The summed E-state index contributed by atoms with van der Waals surface area (Å²) in [5, 5.41) is 0.363. The average Bonchev–Trinajstić information content (AvgIpc) is 2.03. The summed E-state index contributed by atoms with van der Waals surface area (Å²) in [7, 11) is 0. The summed E-state index contributed by atoms with van der Waals surface area (Å²) < 4.78 is 0. The first-order valence-corrected chi connectivity index (χ1v) is 4.31. The van der Waals surface area contributed by atoms with Crippen molar-refractivity contribution in [2.45, 2.75) is 19.9 Å². The molecule has 0 saturated carbocycles. The molecule has 0 radical (unpaired) electrons. The zero-order valence-corrected chi connectivity index (χ0v) is 8.30. The van der Waals surface area contributed by atoms with E-state index in [1.807, 2.05) is 0 Å². The fourth-order valence-electron chi connectivity index (χ4n) is 1.07. The lowest BCUT2D eigenvalue weighted by Crippen LogP contribution is -2.27. The number of nitrogens with two attached hydrogens (primary N) is 1. The number of ketones is 1. The number of nitrogens with zero attached hydrogens (tertiary/aromatic N) is 1. The molecule has 1 rings (SSSR count). The lowest BCUT2D eigenvalue weighted by Gasteiger charge is -2.08. The van der Waals surface area contributed by atoms with Crippen LogP contribution in [0.2, 0.25) is 5.02 Å². The third kappa shape index (κ3) is 2.05. The molecular weight excluding hydrogens is 188 g/mol. The van der Waals surface area contributed by atoms with E-state index in [0.29, 0.717) is 10.6 Å². The molecule has 13 heavy (non-hydrogen) atoms. The quantitative estimate of drug-likeness (QED) is 0.734. The summed E-state index contributed by atoms with van der Waals surface area (Å²) in [6.07, 6.45) is 3.05. The van der Waals surface area contributed by atoms with Gasteiger partial charge in [0.1, 0.15) is 0 Å². The summed E-state index contributed by atoms with van der Waals surface area (Å²) in [5.74, 6) is -0.148. The number of pyridine rings is 1. The molecule has 0 aliphatic carbocycles. The van der Waals surface area contributed by atoms with Crippen molar-refractivity contribution in [3.05, 3.63) is 28.5 Å². The predicted molar refractivity (Wildman–Crippen MR) is 52.0 cm³/mol. The summed E-state index contributed by atoms with van der Waals surface area (Å²) in [6.45, 7) is 3.42. The van der Waals surface area contributed by atoms with E-state index in [-0.39, 0.29) is 5.78 Å². The van der Waals surface area contributed by atoms with Crippen LogP contribution in [0.5, 0.6) is 0 Å². The maximum Gasteiger partial charge on any atom is 0.181 e. The van der Waals surface area contributed by atoms with Gasteiger partial charge < -0.3 is 5.73 Å². The van der Waals surface area contributed by atoms with E-state index in [0.717, 1.165) is 5.56 Å². The van der Waals surface area contributed by atoms with Crippen molar-refractivity contribution in [1.82, 2.24) is 4.98 Å². The second-order valence-corrected chi connectivity index (χ2v) is 3.37. The Morgan fingerprint density at radius 1 is 1.62 bits per heavy atom. The van der Waals surface area contributed by atoms with Crippen LogP contribution in [0.1, 0.15) is 22.8 Å². The molecule has 3 nitrogen and oxygen atoms in total. The Balaban J connectivity index is 3.20. The topological polar surface area (TPSA) is 56.0 Å². The molecular formula is C9H11ClN2O. The molecule has 4 heteroatoms. The smallest absolute Gasteiger partial charge is 0.181 e. The molecule has 1 unspecified atom stereocenters. The van der Waals surface area contributed by atoms with Crippen molar-refractivity contribution in [3.8, 4) is 0 Å². The van der Waals surface area contributed by atoms with Crippen LogP contribution in [0.3, 0.4) is 0 Å². The van der Waals surface area contributed by atoms with Crippen LogP contribution in [-0.4, -0.2) is 16.8 Å². The van der Waals surface area contributed by atoms with Crippen molar-refractivity contribution in [1.29, 1.82) is 0 Å². The molecule has 0 fully saturated rings. The number of carbonyl (C=O) groups is 1. The molecule has 0 bridgehead atoms. The van der Waals surface area contributed by atoms with Gasteiger partial charge in [-0.15, -0.1) is 0 Å². The Hall–Kier alpha value is -0.930. The summed E-state index contributed by atoms with van der Waals surface area (Å²) in [5.41, 5.74) is 6.71. The van der Waals surface area contributed by atoms with E-state index in [1.54, 1.807) is 20.0 Å². The number of aryl methyl sites for hydroxylation is 1. The van der Waals surface area contributed by atoms with Crippen LogP contribution in [0.25, 0.3) is 0 Å². The largest absolute Gasteiger partial charge is 0.321 e. The minimum Gasteiger partial charge on any atom is -0.321 e. The van der Waals surface area contributed by atoms with Crippen molar-refractivity contribution < 1.29 is 4.79 Å². The van der Waals surface area contributed by atoms with Crippen molar-refractivity contribution in [2.24, 2.45) is 5.73 Å². The first kappa shape index (κ1) is 10.2. The highest BCUT2D eigenvalue weighted by atomic mass is 35.5. The Morgan fingerprint density at radius 3 is 2.69 bits per heavy atom. The molecule has 2 N–H and O–H groups in total. The van der Waals surface area contributed by atoms with Gasteiger partial charge in [0.05, 0.1) is 11.1 Å². The Labute approximate surface area is 81.9 Å². The highest BCUT2D eigenvalue weighted by Gasteiger charge is 2.16. The average molecular weight is 199 g/mol. The minimum absolute atomic E-state index is 0.148. The second kappa shape index (κ2) is 3.85. The first-order valence-electron chi connectivity index (χ1n) is 3.94. The summed E-state index contributed by atoms with van der Waals surface area (Å²) in [4.78, 5) is 15.4. The lowest BCUT2D eigenvalue weighted by atomic mass is 10.0. The third-order valence-corrected chi connectivity index (χ3v) is 2.04. The first-order chi connectivity index (χ1) is 6.04. The maximum atomic E-state index is 11.5. The number of hydrogen-bond acceptors (Lipinski definition) is 3. The molecule has 1 aromatic rings. The molecule has 70 valence electrons. The fourth-order valence-corrected chi connectivity index (χ4v) is 1.37. The number of carbonyl (C=O) groups excluding carboxylic acids is 1. The fraction of sp³-hybridized carbons (Fsp3) is 0.333. The molecule has 1 aromatic heterocycles. The Kier molecular flexibility index (Phi) is 3.01. The van der Waals surface area contributed by atoms with Gasteiger partial charge in [-0.25, -0.2) is 0 Å². The highest BCUT2D eigenvalue weighted by Crippen LogP contribution is 2.19.